The second-order valence-electron chi connectivity index (χ2n) is 5.56. The van der Waals surface area contributed by atoms with Crippen molar-refractivity contribution in [3.63, 3.8) is 0 Å². The van der Waals surface area contributed by atoms with E-state index in [0.717, 1.165) is 5.56 Å². The number of oxime groups is 1. The van der Waals surface area contributed by atoms with E-state index < -0.39 is 6.10 Å². The van der Waals surface area contributed by atoms with Crippen LogP contribution in [0.25, 0.3) is 0 Å². The van der Waals surface area contributed by atoms with Crippen molar-refractivity contribution in [3.05, 3.63) is 29.8 Å². The van der Waals surface area contributed by atoms with Crippen LogP contribution in [0.2, 0.25) is 0 Å². The van der Waals surface area contributed by atoms with Crippen molar-refractivity contribution in [3.8, 4) is 5.75 Å². The van der Waals surface area contributed by atoms with Gasteiger partial charge in [0.15, 0.2) is 6.10 Å². The van der Waals surface area contributed by atoms with E-state index >= 15 is 0 Å². The van der Waals surface area contributed by atoms with Gasteiger partial charge >= 0.3 is 0 Å². The molecule has 1 aromatic rings. The summed E-state index contributed by atoms with van der Waals surface area (Å²) in [7, 11) is 0. The molecule has 0 saturated carbocycles. The van der Waals surface area contributed by atoms with Crippen molar-refractivity contribution in [2.45, 2.75) is 40.2 Å². The molecule has 0 saturated heterocycles. The number of rotatable bonds is 7. The quantitative estimate of drug-likeness (QED) is 0.461. The van der Waals surface area contributed by atoms with Crippen molar-refractivity contribution in [2.75, 3.05) is 6.54 Å². The summed E-state index contributed by atoms with van der Waals surface area (Å²) in [6.07, 6.45) is 0.0524. The van der Waals surface area contributed by atoms with Crippen LogP contribution in [0.5, 0.6) is 5.75 Å². The molecular weight excluding hydrogens is 268 g/mol. The summed E-state index contributed by atoms with van der Waals surface area (Å²) in [6, 6.07) is 7.41. The van der Waals surface area contributed by atoms with Crippen LogP contribution < -0.4 is 10.1 Å². The zero-order valence-electron chi connectivity index (χ0n) is 13.1. The lowest BCUT2D eigenvalue weighted by Crippen LogP contribution is -2.38. The molecule has 0 heterocycles. The van der Waals surface area contributed by atoms with E-state index in [1.54, 1.807) is 13.8 Å². The van der Waals surface area contributed by atoms with E-state index in [0.29, 0.717) is 30.3 Å². The Morgan fingerprint density at radius 3 is 2.43 bits per heavy atom. The summed E-state index contributed by atoms with van der Waals surface area (Å²) in [6.45, 7) is 8.22. The Morgan fingerprint density at radius 1 is 1.29 bits per heavy atom. The molecule has 0 aromatic heterocycles. The van der Waals surface area contributed by atoms with E-state index in [1.807, 2.05) is 38.1 Å². The maximum absolute atomic E-state index is 11.8. The number of hydrogen-bond donors (Lipinski definition) is 2. The van der Waals surface area contributed by atoms with E-state index in [2.05, 4.69) is 10.5 Å². The molecule has 0 bridgehead atoms. The molecule has 1 aromatic carbocycles. The normalized spacial score (nSPS) is 13.1. The Balaban J connectivity index is 2.53. The third-order valence-corrected chi connectivity index (χ3v) is 2.92. The van der Waals surface area contributed by atoms with Crippen LogP contribution in [-0.4, -0.2) is 29.5 Å². The van der Waals surface area contributed by atoms with Crippen LogP contribution in [0.4, 0.5) is 0 Å². The van der Waals surface area contributed by atoms with Gasteiger partial charge in [0.2, 0.25) is 0 Å². The van der Waals surface area contributed by atoms with Crippen LogP contribution in [0.1, 0.15) is 33.3 Å². The van der Waals surface area contributed by atoms with Crippen LogP contribution in [0.3, 0.4) is 0 Å². The first-order chi connectivity index (χ1) is 9.92. The number of ether oxygens (including phenoxy) is 1. The molecule has 5 heteroatoms. The average Bonchev–Trinajstić information content (AvgIpc) is 2.46. The van der Waals surface area contributed by atoms with Gasteiger partial charge in [-0.3, -0.25) is 4.79 Å². The molecule has 5 nitrogen and oxygen atoms in total. The third kappa shape index (κ3) is 6.29. The highest BCUT2D eigenvalue weighted by atomic mass is 16.5. The summed E-state index contributed by atoms with van der Waals surface area (Å²) in [5.74, 6) is 0.942. The molecule has 0 aliphatic carbocycles. The first-order valence-electron chi connectivity index (χ1n) is 7.13. The molecule has 0 aliphatic heterocycles. The van der Waals surface area contributed by atoms with Crippen molar-refractivity contribution >= 4 is 11.6 Å². The Morgan fingerprint density at radius 2 is 1.90 bits per heavy atom. The van der Waals surface area contributed by atoms with Gasteiger partial charge in [-0.05, 0) is 37.5 Å². The number of benzene rings is 1. The Kier molecular flexibility index (Phi) is 6.72. The largest absolute Gasteiger partial charge is 0.481 e. The van der Waals surface area contributed by atoms with Crippen molar-refractivity contribution < 1.29 is 14.7 Å². The summed E-state index contributed by atoms with van der Waals surface area (Å²) in [4.78, 5) is 11.8. The van der Waals surface area contributed by atoms with Crippen molar-refractivity contribution in [1.29, 1.82) is 0 Å². The van der Waals surface area contributed by atoms with Crippen LogP contribution >= 0.6 is 0 Å². The first-order valence-corrected chi connectivity index (χ1v) is 7.13. The Bertz CT molecular complexity index is 481. The molecule has 1 unspecified atom stereocenters. The zero-order valence-corrected chi connectivity index (χ0v) is 13.1. The molecular formula is C16H24N2O3. The van der Waals surface area contributed by atoms with Crippen LogP contribution in [-0.2, 0) is 11.2 Å². The molecule has 0 spiro atoms. The molecule has 2 N–H and O–H groups in total. The third-order valence-electron chi connectivity index (χ3n) is 2.92. The molecule has 0 aliphatic rings. The summed E-state index contributed by atoms with van der Waals surface area (Å²) < 4.78 is 5.60. The van der Waals surface area contributed by atoms with Gasteiger partial charge < -0.3 is 15.3 Å². The lowest BCUT2D eigenvalue weighted by atomic mass is 10.1. The number of nitrogens with zero attached hydrogens (tertiary/aromatic N) is 1. The van der Waals surface area contributed by atoms with Crippen molar-refractivity contribution in [2.24, 2.45) is 11.1 Å². The van der Waals surface area contributed by atoms with Gasteiger partial charge in [-0.25, -0.2) is 0 Å². The van der Waals surface area contributed by atoms with E-state index in [9.17, 15) is 4.79 Å². The van der Waals surface area contributed by atoms with Gasteiger partial charge in [0, 0.05) is 13.0 Å². The van der Waals surface area contributed by atoms with E-state index in [4.69, 9.17) is 9.94 Å². The smallest absolute Gasteiger partial charge is 0.260 e. The fraction of sp³-hybridized carbons (Fsp3) is 0.500. The standard InChI is InChI=1S/C16H24N2O3/c1-11(2)10-17-16(19)13(4)21-15-7-5-14(6-8-15)9-12(3)18-20/h5-8,11,13,20H,9-10H2,1-4H3,(H,17,19)/b18-12+. The predicted octanol–water partition coefficient (Wildman–Crippen LogP) is 2.62. The predicted molar refractivity (Wildman–Crippen MR) is 83.0 cm³/mol. The lowest BCUT2D eigenvalue weighted by molar-refractivity contribution is -0.127. The van der Waals surface area contributed by atoms with Crippen LogP contribution in [0, 0.1) is 5.92 Å². The highest BCUT2D eigenvalue weighted by molar-refractivity contribution is 5.83. The maximum Gasteiger partial charge on any atom is 0.260 e. The minimum absolute atomic E-state index is 0.115. The molecule has 116 valence electrons. The molecule has 21 heavy (non-hydrogen) atoms. The van der Waals surface area contributed by atoms with Gasteiger partial charge in [0.1, 0.15) is 5.75 Å². The first kappa shape index (κ1) is 17.0. The summed E-state index contributed by atoms with van der Waals surface area (Å²) >= 11 is 0. The van der Waals surface area contributed by atoms with Gasteiger partial charge in [-0.15, -0.1) is 0 Å². The van der Waals surface area contributed by atoms with Gasteiger partial charge in [0.05, 0.1) is 5.71 Å². The summed E-state index contributed by atoms with van der Waals surface area (Å²) in [5.41, 5.74) is 1.67. The zero-order chi connectivity index (χ0) is 15.8. The Labute approximate surface area is 126 Å². The minimum atomic E-state index is -0.532. The summed E-state index contributed by atoms with van der Waals surface area (Å²) in [5, 5.41) is 14.6. The highest BCUT2D eigenvalue weighted by Gasteiger charge is 2.14. The Hall–Kier alpha value is -2.04. The maximum atomic E-state index is 11.8. The SMILES string of the molecule is C/C(Cc1ccc(OC(C)C(=O)NCC(C)C)cc1)=N\O. The number of nitrogens with one attached hydrogen (secondary N) is 1. The molecule has 1 rings (SSSR count). The fourth-order valence-corrected chi connectivity index (χ4v) is 1.72. The second-order valence-corrected chi connectivity index (χ2v) is 5.56. The average molecular weight is 292 g/mol. The molecule has 0 radical (unpaired) electrons. The van der Waals surface area contributed by atoms with E-state index in [-0.39, 0.29) is 5.91 Å². The van der Waals surface area contributed by atoms with Crippen molar-refractivity contribution in [1.82, 2.24) is 5.32 Å². The monoisotopic (exact) mass is 292 g/mol. The fourth-order valence-electron chi connectivity index (χ4n) is 1.72. The number of carbonyl (C=O) groups excluding carboxylic acids is 1. The number of carbonyl (C=O) groups is 1. The topological polar surface area (TPSA) is 70.9 Å². The number of hydrogen-bond acceptors (Lipinski definition) is 4. The lowest BCUT2D eigenvalue weighted by Gasteiger charge is -2.16. The molecule has 1 atom stereocenters. The highest BCUT2D eigenvalue weighted by Crippen LogP contribution is 2.14. The minimum Gasteiger partial charge on any atom is -0.481 e. The van der Waals surface area contributed by atoms with Gasteiger partial charge in [-0.1, -0.05) is 31.1 Å². The van der Waals surface area contributed by atoms with E-state index in [1.165, 1.54) is 0 Å². The van der Waals surface area contributed by atoms with Crippen LogP contribution in [0.15, 0.2) is 29.4 Å². The van der Waals surface area contributed by atoms with Gasteiger partial charge in [0.25, 0.3) is 5.91 Å². The molecule has 1 amide bonds. The second kappa shape index (κ2) is 8.29. The number of amides is 1. The molecule has 0 fully saturated rings. The van der Waals surface area contributed by atoms with Gasteiger partial charge in [-0.2, -0.15) is 0 Å².